The molecule has 1 aliphatic carbocycles. The molecule has 1 fully saturated rings. The number of hydrogen-bond donors (Lipinski definition) is 1. The van der Waals surface area contributed by atoms with E-state index in [1.807, 2.05) is 24.3 Å². The van der Waals surface area contributed by atoms with Gasteiger partial charge in [-0.15, -0.1) is 0 Å². The smallest absolute Gasteiger partial charge is 0.328 e. The molecule has 0 bridgehead atoms. The monoisotopic (exact) mass is 274 g/mol. The Morgan fingerprint density at radius 3 is 2.75 bits per heavy atom. The molecule has 0 atom stereocenters. The maximum absolute atomic E-state index is 10.6. The summed E-state index contributed by atoms with van der Waals surface area (Å²) in [6.07, 6.45) is 9.36. The zero-order valence-corrected chi connectivity index (χ0v) is 11.8. The van der Waals surface area contributed by atoms with Crippen molar-refractivity contribution in [3.8, 4) is 0 Å². The summed E-state index contributed by atoms with van der Waals surface area (Å²) >= 11 is 0. The van der Waals surface area contributed by atoms with Gasteiger partial charge in [0.25, 0.3) is 0 Å². The molecule has 0 radical (unpaired) electrons. The summed E-state index contributed by atoms with van der Waals surface area (Å²) in [4.78, 5) is 10.6. The highest BCUT2D eigenvalue weighted by Gasteiger charge is 2.13. The quantitative estimate of drug-likeness (QED) is 0.801. The van der Waals surface area contributed by atoms with Gasteiger partial charge >= 0.3 is 5.97 Å². The highest BCUT2D eigenvalue weighted by molar-refractivity contribution is 5.85. The van der Waals surface area contributed by atoms with Crippen molar-refractivity contribution >= 4 is 12.0 Å². The molecule has 0 aliphatic heterocycles. The molecule has 1 aromatic rings. The molecule has 1 saturated carbocycles. The summed E-state index contributed by atoms with van der Waals surface area (Å²) in [5.41, 5.74) is 1.96. The molecule has 1 aliphatic rings. The first kappa shape index (κ1) is 14.8. The van der Waals surface area contributed by atoms with Crippen LogP contribution in [0.15, 0.2) is 30.3 Å². The summed E-state index contributed by atoms with van der Waals surface area (Å²) in [6, 6.07) is 7.77. The summed E-state index contributed by atoms with van der Waals surface area (Å²) in [7, 11) is 0. The highest BCUT2D eigenvalue weighted by atomic mass is 16.5. The first-order valence-electron chi connectivity index (χ1n) is 7.32. The molecule has 2 rings (SSSR count). The SMILES string of the molecule is O=C(O)C=Cc1ccccc1COCC1CCCCC1. The Hall–Kier alpha value is -1.61. The van der Waals surface area contributed by atoms with Crippen LogP contribution in [0, 0.1) is 5.92 Å². The van der Waals surface area contributed by atoms with Gasteiger partial charge in [-0.05, 0) is 36.0 Å². The lowest BCUT2D eigenvalue weighted by Crippen LogP contribution is -2.13. The molecule has 1 N–H and O–H groups in total. The van der Waals surface area contributed by atoms with Crippen LogP contribution in [0.3, 0.4) is 0 Å². The third kappa shape index (κ3) is 4.82. The average Bonchev–Trinajstić information content (AvgIpc) is 2.47. The minimum Gasteiger partial charge on any atom is -0.478 e. The van der Waals surface area contributed by atoms with Crippen molar-refractivity contribution in [3.05, 3.63) is 41.5 Å². The lowest BCUT2D eigenvalue weighted by Gasteiger charge is -2.21. The van der Waals surface area contributed by atoms with Gasteiger partial charge in [-0.1, -0.05) is 43.5 Å². The van der Waals surface area contributed by atoms with Gasteiger partial charge in [0.15, 0.2) is 0 Å². The Morgan fingerprint density at radius 2 is 2.00 bits per heavy atom. The molecular weight excluding hydrogens is 252 g/mol. The van der Waals surface area contributed by atoms with Crippen LogP contribution in [0.25, 0.3) is 6.08 Å². The van der Waals surface area contributed by atoms with E-state index < -0.39 is 5.97 Å². The molecule has 3 nitrogen and oxygen atoms in total. The third-order valence-corrected chi connectivity index (χ3v) is 3.80. The van der Waals surface area contributed by atoms with Crippen molar-refractivity contribution in [1.82, 2.24) is 0 Å². The zero-order chi connectivity index (χ0) is 14.2. The second-order valence-electron chi connectivity index (χ2n) is 5.39. The van der Waals surface area contributed by atoms with Crippen molar-refractivity contribution in [2.24, 2.45) is 5.92 Å². The molecule has 0 amide bonds. The molecule has 0 spiro atoms. The predicted octanol–water partition coefficient (Wildman–Crippen LogP) is 3.88. The Bertz CT molecular complexity index is 459. The van der Waals surface area contributed by atoms with Crippen LogP contribution in [-0.4, -0.2) is 17.7 Å². The maximum Gasteiger partial charge on any atom is 0.328 e. The van der Waals surface area contributed by atoms with Crippen molar-refractivity contribution in [1.29, 1.82) is 0 Å². The molecule has 0 heterocycles. The number of ether oxygens (including phenoxy) is 1. The van der Waals surface area contributed by atoms with E-state index in [-0.39, 0.29) is 0 Å². The number of rotatable bonds is 6. The van der Waals surface area contributed by atoms with Crippen molar-refractivity contribution in [2.75, 3.05) is 6.61 Å². The number of aliphatic carboxylic acids is 1. The van der Waals surface area contributed by atoms with E-state index in [4.69, 9.17) is 9.84 Å². The van der Waals surface area contributed by atoms with Crippen LogP contribution >= 0.6 is 0 Å². The van der Waals surface area contributed by atoms with E-state index in [1.54, 1.807) is 6.08 Å². The molecule has 1 aromatic carbocycles. The van der Waals surface area contributed by atoms with Crippen molar-refractivity contribution in [2.45, 2.75) is 38.7 Å². The van der Waals surface area contributed by atoms with Gasteiger partial charge in [0.1, 0.15) is 0 Å². The van der Waals surface area contributed by atoms with Crippen LogP contribution in [0.4, 0.5) is 0 Å². The Kier molecular flexibility index (Phi) is 5.81. The second-order valence-corrected chi connectivity index (χ2v) is 5.39. The normalized spacial score (nSPS) is 16.6. The van der Waals surface area contributed by atoms with Gasteiger partial charge in [-0.25, -0.2) is 4.79 Å². The predicted molar refractivity (Wildman–Crippen MR) is 79.3 cm³/mol. The van der Waals surface area contributed by atoms with Crippen molar-refractivity contribution < 1.29 is 14.6 Å². The number of carboxylic acid groups (broad SMARTS) is 1. The van der Waals surface area contributed by atoms with Gasteiger partial charge in [0.05, 0.1) is 6.61 Å². The number of carboxylic acids is 1. The molecular formula is C17H22O3. The number of carbonyl (C=O) groups is 1. The van der Waals surface area contributed by atoms with E-state index in [9.17, 15) is 4.79 Å². The Balaban J connectivity index is 1.86. The minimum atomic E-state index is -0.928. The van der Waals surface area contributed by atoms with Crippen LogP contribution < -0.4 is 0 Å². The standard InChI is InChI=1S/C17H22O3/c18-17(19)11-10-15-8-4-5-9-16(15)13-20-12-14-6-2-1-3-7-14/h4-5,8-11,14H,1-3,6-7,12-13H2,(H,18,19). The summed E-state index contributed by atoms with van der Waals surface area (Å²) in [5.74, 6) is -0.228. The van der Waals surface area contributed by atoms with Crippen LogP contribution in [0.1, 0.15) is 43.2 Å². The van der Waals surface area contributed by atoms with Crippen LogP contribution in [0.2, 0.25) is 0 Å². The molecule has 3 heteroatoms. The Labute approximate surface area is 120 Å². The molecule has 0 aromatic heterocycles. The van der Waals surface area contributed by atoms with E-state index in [0.717, 1.165) is 17.7 Å². The third-order valence-electron chi connectivity index (χ3n) is 3.80. The van der Waals surface area contributed by atoms with E-state index in [0.29, 0.717) is 12.5 Å². The molecule has 108 valence electrons. The summed E-state index contributed by atoms with van der Waals surface area (Å²) in [5, 5.41) is 8.69. The zero-order valence-electron chi connectivity index (χ0n) is 11.8. The fourth-order valence-corrected chi connectivity index (χ4v) is 2.68. The van der Waals surface area contributed by atoms with Gasteiger partial charge in [0, 0.05) is 12.7 Å². The fourth-order valence-electron chi connectivity index (χ4n) is 2.68. The topological polar surface area (TPSA) is 46.5 Å². The molecule has 0 unspecified atom stereocenters. The molecule has 0 saturated heterocycles. The average molecular weight is 274 g/mol. The van der Waals surface area contributed by atoms with E-state index in [2.05, 4.69) is 0 Å². The van der Waals surface area contributed by atoms with Gasteiger partial charge < -0.3 is 9.84 Å². The minimum absolute atomic E-state index is 0.552. The van der Waals surface area contributed by atoms with E-state index in [1.165, 1.54) is 38.2 Å². The van der Waals surface area contributed by atoms with Gasteiger partial charge in [0.2, 0.25) is 0 Å². The van der Waals surface area contributed by atoms with E-state index >= 15 is 0 Å². The Morgan fingerprint density at radius 1 is 1.25 bits per heavy atom. The fraction of sp³-hybridized carbons (Fsp3) is 0.471. The second kappa shape index (κ2) is 7.85. The summed E-state index contributed by atoms with van der Waals surface area (Å²) < 4.78 is 5.83. The first-order valence-corrected chi connectivity index (χ1v) is 7.32. The number of benzene rings is 1. The summed E-state index contributed by atoms with van der Waals surface area (Å²) in [6.45, 7) is 1.37. The lowest BCUT2D eigenvalue weighted by atomic mass is 9.90. The first-order chi connectivity index (χ1) is 9.75. The van der Waals surface area contributed by atoms with Crippen LogP contribution in [0.5, 0.6) is 0 Å². The molecule has 20 heavy (non-hydrogen) atoms. The van der Waals surface area contributed by atoms with Gasteiger partial charge in [-0.2, -0.15) is 0 Å². The lowest BCUT2D eigenvalue weighted by molar-refractivity contribution is -0.131. The van der Waals surface area contributed by atoms with Crippen molar-refractivity contribution in [3.63, 3.8) is 0 Å². The maximum atomic E-state index is 10.6. The number of hydrogen-bond acceptors (Lipinski definition) is 2. The largest absolute Gasteiger partial charge is 0.478 e. The van der Waals surface area contributed by atoms with Gasteiger partial charge in [-0.3, -0.25) is 0 Å². The highest BCUT2D eigenvalue weighted by Crippen LogP contribution is 2.24. The van der Waals surface area contributed by atoms with Crippen LogP contribution in [-0.2, 0) is 16.1 Å².